The Hall–Kier alpha value is -0.770. The fourth-order valence-corrected chi connectivity index (χ4v) is 0.490. The van der Waals surface area contributed by atoms with Crippen LogP contribution in [-0.4, -0.2) is 24.8 Å². The number of amides is 1. The molecule has 2 unspecified atom stereocenters. The molecule has 0 saturated heterocycles. The van der Waals surface area contributed by atoms with Crippen molar-refractivity contribution in [2.45, 2.75) is 32.9 Å². The van der Waals surface area contributed by atoms with Crippen LogP contribution in [0, 0.1) is 0 Å². The molecule has 1 amide bonds. The lowest BCUT2D eigenvalue weighted by Crippen LogP contribution is -2.44. The predicted octanol–water partition coefficient (Wildman–Crippen LogP) is 0.468. The van der Waals surface area contributed by atoms with Gasteiger partial charge in [-0.2, -0.15) is 0 Å². The van der Waals surface area contributed by atoms with E-state index in [1.807, 2.05) is 13.8 Å². The molecule has 4 heteroatoms. The second-order valence-corrected chi connectivity index (χ2v) is 2.51. The summed E-state index contributed by atoms with van der Waals surface area (Å²) in [4.78, 5) is 10.8. The summed E-state index contributed by atoms with van der Waals surface area (Å²) >= 11 is 0. The largest absolute Gasteiger partial charge is 0.450 e. The summed E-state index contributed by atoms with van der Waals surface area (Å²) in [5.41, 5.74) is 5.51. The minimum atomic E-state index is -0.405. The Morgan fingerprint density at radius 3 is 2.55 bits per heavy atom. The van der Waals surface area contributed by atoms with Crippen molar-refractivity contribution >= 4 is 6.09 Å². The topological polar surface area (TPSA) is 64.3 Å². The summed E-state index contributed by atoms with van der Waals surface area (Å²) in [5.74, 6) is 0. The molecular weight excluding hydrogens is 144 g/mol. The van der Waals surface area contributed by atoms with E-state index in [2.05, 4.69) is 10.1 Å². The van der Waals surface area contributed by atoms with E-state index < -0.39 is 6.09 Å². The van der Waals surface area contributed by atoms with Crippen LogP contribution in [0.5, 0.6) is 0 Å². The molecule has 0 aromatic heterocycles. The van der Waals surface area contributed by atoms with Gasteiger partial charge in [0.2, 0.25) is 0 Å². The van der Waals surface area contributed by atoms with Crippen molar-refractivity contribution in [2.75, 3.05) is 6.61 Å². The molecule has 0 aliphatic carbocycles. The summed E-state index contributed by atoms with van der Waals surface area (Å²) in [7, 11) is 0. The molecule has 0 aromatic rings. The first-order valence-corrected chi connectivity index (χ1v) is 3.76. The van der Waals surface area contributed by atoms with E-state index in [0.717, 1.165) is 0 Å². The van der Waals surface area contributed by atoms with Crippen LogP contribution in [0.25, 0.3) is 0 Å². The highest BCUT2D eigenvalue weighted by atomic mass is 16.5. The van der Waals surface area contributed by atoms with Gasteiger partial charge in [0.1, 0.15) is 0 Å². The molecule has 0 aliphatic heterocycles. The number of rotatable bonds is 3. The van der Waals surface area contributed by atoms with Crippen molar-refractivity contribution in [3.63, 3.8) is 0 Å². The first-order valence-electron chi connectivity index (χ1n) is 3.76. The second-order valence-electron chi connectivity index (χ2n) is 2.51. The Kier molecular flexibility index (Phi) is 4.61. The summed E-state index contributed by atoms with van der Waals surface area (Å²) in [6, 6.07) is -0.103. The average Bonchev–Trinajstić information content (AvgIpc) is 1.87. The van der Waals surface area contributed by atoms with Crippen LogP contribution in [0.3, 0.4) is 0 Å². The maximum atomic E-state index is 10.8. The zero-order valence-corrected chi connectivity index (χ0v) is 7.26. The summed E-state index contributed by atoms with van der Waals surface area (Å²) in [6.07, 6.45) is -0.405. The summed E-state index contributed by atoms with van der Waals surface area (Å²) < 4.78 is 4.66. The predicted molar refractivity (Wildman–Crippen MR) is 43.3 cm³/mol. The Labute approximate surface area is 67.1 Å². The zero-order chi connectivity index (χ0) is 8.85. The first kappa shape index (κ1) is 10.2. The lowest BCUT2D eigenvalue weighted by Gasteiger charge is -2.16. The van der Waals surface area contributed by atoms with Crippen molar-refractivity contribution in [1.29, 1.82) is 0 Å². The Bertz CT molecular complexity index is 126. The van der Waals surface area contributed by atoms with Crippen molar-refractivity contribution in [1.82, 2.24) is 5.32 Å². The third-order valence-corrected chi connectivity index (χ3v) is 1.41. The number of carbonyl (C=O) groups excluding carboxylic acids is 1. The van der Waals surface area contributed by atoms with E-state index >= 15 is 0 Å². The van der Waals surface area contributed by atoms with Crippen molar-refractivity contribution in [3.05, 3.63) is 0 Å². The van der Waals surface area contributed by atoms with E-state index in [4.69, 9.17) is 5.73 Å². The highest BCUT2D eigenvalue weighted by Crippen LogP contribution is 1.88. The van der Waals surface area contributed by atoms with Gasteiger partial charge in [-0.15, -0.1) is 0 Å². The molecule has 0 fully saturated rings. The molecule has 0 spiro atoms. The van der Waals surface area contributed by atoms with Gasteiger partial charge in [-0.3, -0.25) is 0 Å². The van der Waals surface area contributed by atoms with E-state index in [-0.39, 0.29) is 12.1 Å². The molecule has 0 radical (unpaired) electrons. The van der Waals surface area contributed by atoms with Crippen LogP contribution >= 0.6 is 0 Å². The van der Waals surface area contributed by atoms with Gasteiger partial charge in [0.05, 0.1) is 6.61 Å². The van der Waals surface area contributed by atoms with Crippen molar-refractivity contribution in [3.8, 4) is 0 Å². The quantitative estimate of drug-likeness (QED) is 0.630. The van der Waals surface area contributed by atoms with Crippen molar-refractivity contribution in [2.24, 2.45) is 5.73 Å². The van der Waals surface area contributed by atoms with Gasteiger partial charge in [0, 0.05) is 12.1 Å². The van der Waals surface area contributed by atoms with Gasteiger partial charge in [-0.25, -0.2) is 4.79 Å². The third-order valence-electron chi connectivity index (χ3n) is 1.41. The monoisotopic (exact) mass is 160 g/mol. The average molecular weight is 160 g/mol. The van der Waals surface area contributed by atoms with Gasteiger partial charge in [0.15, 0.2) is 0 Å². The van der Waals surface area contributed by atoms with Crippen LogP contribution in [0.15, 0.2) is 0 Å². The molecule has 11 heavy (non-hydrogen) atoms. The lowest BCUT2D eigenvalue weighted by molar-refractivity contribution is 0.147. The molecule has 0 rings (SSSR count). The van der Waals surface area contributed by atoms with Crippen molar-refractivity contribution < 1.29 is 9.53 Å². The fraction of sp³-hybridized carbons (Fsp3) is 0.857. The van der Waals surface area contributed by atoms with E-state index in [9.17, 15) is 4.79 Å². The number of hydrogen-bond donors (Lipinski definition) is 2. The molecule has 66 valence electrons. The molecule has 0 saturated carbocycles. The third kappa shape index (κ3) is 4.61. The number of nitrogens with two attached hydrogens (primary N) is 1. The van der Waals surface area contributed by atoms with Gasteiger partial charge in [-0.1, -0.05) is 0 Å². The van der Waals surface area contributed by atoms with Gasteiger partial charge in [0.25, 0.3) is 0 Å². The van der Waals surface area contributed by atoms with Crippen LogP contribution in [-0.2, 0) is 4.74 Å². The van der Waals surface area contributed by atoms with E-state index in [1.165, 1.54) is 0 Å². The lowest BCUT2D eigenvalue weighted by atomic mass is 10.2. The first-order chi connectivity index (χ1) is 5.07. The molecular formula is C7H16N2O2. The van der Waals surface area contributed by atoms with Crippen LogP contribution in [0.2, 0.25) is 0 Å². The maximum absolute atomic E-state index is 10.8. The zero-order valence-electron chi connectivity index (χ0n) is 7.26. The fourth-order valence-electron chi connectivity index (χ4n) is 0.490. The highest BCUT2D eigenvalue weighted by Gasteiger charge is 2.10. The SMILES string of the molecule is CCOC(=O)NC(C)C(C)N. The van der Waals surface area contributed by atoms with E-state index in [0.29, 0.717) is 6.61 Å². The number of carbonyl (C=O) groups is 1. The summed E-state index contributed by atoms with van der Waals surface area (Å²) in [6.45, 7) is 5.81. The molecule has 0 aliphatic rings. The second kappa shape index (κ2) is 4.96. The van der Waals surface area contributed by atoms with Gasteiger partial charge < -0.3 is 15.8 Å². The number of hydrogen-bond acceptors (Lipinski definition) is 3. The molecule has 3 N–H and O–H groups in total. The van der Waals surface area contributed by atoms with Gasteiger partial charge in [-0.05, 0) is 20.8 Å². The Morgan fingerprint density at radius 2 is 2.18 bits per heavy atom. The van der Waals surface area contributed by atoms with E-state index in [1.54, 1.807) is 6.92 Å². The Morgan fingerprint density at radius 1 is 1.64 bits per heavy atom. The number of alkyl carbamates (subject to hydrolysis) is 1. The smallest absolute Gasteiger partial charge is 0.407 e. The minimum Gasteiger partial charge on any atom is -0.450 e. The normalized spacial score (nSPS) is 15.3. The van der Waals surface area contributed by atoms with Gasteiger partial charge >= 0.3 is 6.09 Å². The number of nitrogens with one attached hydrogen (secondary N) is 1. The maximum Gasteiger partial charge on any atom is 0.407 e. The molecule has 0 bridgehead atoms. The molecule has 0 heterocycles. The van der Waals surface area contributed by atoms with Crippen LogP contribution in [0.1, 0.15) is 20.8 Å². The highest BCUT2D eigenvalue weighted by molar-refractivity contribution is 5.67. The van der Waals surface area contributed by atoms with Crippen LogP contribution in [0.4, 0.5) is 4.79 Å². The minimum absolute atomic E-state index is 0.0472. The number of ether oxygens (including phenoxy) is 1. The molecule has 4 nitrogen and oxygen atoms in total. The Balaban J connectivity index is 3.57. The van der Waals surface area contributed by atoms with Crippen LogP contribution < -0.4 is 11.1 Å². The standard InChI is InChI=1S/C7H16N2O2/c1-4-11-7(10)9-6(3)5(2)8/h5-6H,4,8H2,1-3H3,(H,9,10). The summed E-state index contributed by atoms with van der Waals surface area (Å²) in [5, 5.41) is 2.59. The molecule has 2 atom stereocenters. The molecule has 0 aromatic carbocycles.